The first kappa shape index (κ1) is 12.8. The zero-order valence-electron chi connectivity index (χ0n) is 8.35. The summed E-state index contributed by atoms with van der Waals surface area (Å²) in [5.41, 5.74) is 5.52. The van der Waals surface area contributed by atoms with Gasteiger partial charge < -0.3 is 10.5 Å². The van der Waals surface area contributed by atoms with Gasteiger partial charge in [0.15, 0.2) is 0 Å². The van der Waals surface area contributed by atoms with Crippen molar-refractivity contribution in [2.24, 2.45) is 5.73 Å². The van der Waals surface area contributed by atoms with E-state index < -0.39 is 25.0 Å². The number of halogens is 4. The minimum Gasteiger partial charge on any atom is -0.493 e. The predicted octanol–water partition coefficient (Wildman–Crippen LogP) is 2.62. The molecule has 0 atom stereocenters. The normalized spacial score (nSPS) is 11.6. The smallest absolute Gasteiger partial charge is 0.392 e. The molecule has 1 aromatic rings. The van der Waals surface area contributed by atoms with E-state index in [0.717, 1.165) is 6.07 Å². The van der Waals surface area contributed by atoms with E-state index in [-0.39, 0.29) is 12.3 Å². The van der Waals surface area contributed by atoms with Gasteiger partial charge in [0.2, 0.25) is 0 Å². The molecule has 0 aliphatic heterocycles. The van der Waals surface area contributed by atoms with Crippen molar-refractivity contribution in [3.63, 3.8) is 0 Å². The summed E-state index contributed by atoms with van der Waals surface area (Å²) in [5.74, 6) is -0.508. The second-order valence-electron chi connectivity index (χ2n) is 3.17. The number of rotatable bonds is 4. The fourth-order valence-corrected chi connectivity index (χ4v) is 1.07. The molecule has 2 N–H and O–H groups in total. The lowest BCUT2D eigenvalue weighted by Gasteiger charge is -2.09. The number of ether oxygens (including phenoxy) is 1. The first-order valence-corrected chi connectivity index (χ1v) is 4.60. The van der Waals surface area contributed by atoms with E-state index >= 15 is 0 Å². The van der Waals surface area contributed by atoms with E-state index in [0.29, 0.717) is 5.56 Å². The Morgan fingerprint density at radius 3 is 2.44 bits per heavy atom. The predicted molar refractivity (Wildman–Crippen MR) is 50.5 cm³/mol. The molecule has 1 rings (SSSR count). The van der Waals surface area contributed by atoms with Gasteiger partial charge >= 0.3 is 6.18 Å². The van der Waals surface area contributed by atoms with Crippen LogP contribution < -0.4 is 10.5 Å². The number of hydrogen-bond acceptors (Lipinski definition) is 2. The highest BCUT2D eigenvalue weighted by atomic mass is 19.4. The third-order valence-electron chi connectivity index (χ3n) is 1.90. The van der Waals surface area contributed by atoms with Gasteiger partial charge in [-0.25, -0.2) is 4.39 Å². The zero-order chi connectivity index (χ0) is 12.2. The maximum absolute atomic E-state index is 13.1. The highest BCUT2D eigenvalue weighted by Crippen LogP contribution is 2.21. The van der Waals surface area contributed by atoms with Crippen LogP contribution in [0.2, 0.25) is 0 Å². The Morgan fingerprint density at radius 2 is 1.94 bits per heavy atom. The molecule has 2 nitrogen and oxygen atoms in total. The van der Waals surface area contributed by atoms with Gasteiger partial charge in [-0.3, -0.25) is 0 Å². The second kappa shape index (κ2) is 5.16. The maximum atomic E-state index is 13.1. The van der Waals surface area contributed by atoms with Crippen molar-refractivity contribution in [1.82, 2.24) is 0 Å². The van der Waals surface area contributed by atoms with Crippen LogP contribution in [0.3, 0.4) is 0 Å². The standard InChI is InChI=1S/C10H11F4NO/c11-9-5-8(2-1-7(9)6-15)16-4-3-10(12,13)14/h1-2,5H,3-4,6,15H2. The van der Waals surface area contributed by atoms with Crippen molar-refractivity contribution in [3.05, 3.63) is 29.6 Å². The van der Waals surface area contributed by atoms with Crippen LogP contribution in [0.4, 0.5) is 17.6 Å². The monoisotopic (exact) mass is 237 g/mol. The van der Waals surface area contributed by atoms with Gasteiger partial charge in [0.25, 0.3) is 0 Å². The van der Waals surface area contributed by atoms with Gasteiger partial charge in [-0.2, -0.15) is 13.2 Å². The maximum Gasteiger partial charge on any atom is 0.392 e. The van der Waals surface area contributed by atoms with Crippen molar-refractivity contribution in [3.8, 4) is 5.75 Å². The fourth-order valence-electron chi connectivity index (χ4n) is 1.07. The van der Waals surface area contributed by atoms with Crippen LogP contribution in [0.25, 0.3) is 0 Å². The van der Waals surface area contributed by atoms with Crippen LogP contribution in [0, 0.1) is 5.82 Å². The first-order valence-electron chi connectivity index (χ1n) is 4.60. The summed E-state index contributed by atoms with van der Waals surface area (Å²) in [7, 11) is 0. The van der Waals surface area contributed by atoms with Crippen LogP contribution in [-0.2, 0) is 6.54 Å². The van der Waals surface area contributed by atoms with Crippen LogP contribution in [0.15, 0.2) is 18.2 Å². The Balaban J connectivity index is 2.52. The molecular formula is C10H11F4NO. The molecule has 0 bridgehead atoms. The number of nitrogens with two attached hydrogens (primary N) is 1. The molecule has 0 fully saturated rings. The average molecular weight is 237 g/mol. The molecule has 0 heterocycles. The van der Waals surface area contributed by atoms with Crippen LogP contribution in [0.5, 0.6) is 5.75 Å². The lowest BCUT2D eigenvalue weighted by atomic mass is 10.2. The quantitative estimate of drug-likeness (QED) is 0.817. The Bertz CT molecular complexity index is 351. The largest absolute Gasteiger partial charge is 0.493 e. The molecule has 0 saturated heterocycles. The van der Waals surface area contributed by atoms with Crippen molar-refractivity contribution in [2.75, 3.05) is 6.61 Å². The van der Waals surface area contributed by atoms with E-state index in [1.54, 1.807) is 0 Å². The van der Waals surface area contributed by atoms with E-state index in [1.165, 1.54) is 12.1 Å². The summed E-state index contributed by atoms with van der Waals surface area (Å²) in [6, 6.07) is 3.80. The molecule has 0 saturated carbocycles. The molecule has 90 valence electrons. The van der Waals surface area contributed by atoms with Crippen molar-refractivity contribution in [1.29, 1.82) is 0 Å². The van der Waals surface area contributed by atoms with E-state index in [9.17, 15) is 17.6 Å². The van der Waals surface area contributed by atoms with Gasteiger partial charge in [0.05, 0.1) is 13.0 Å². The van der Waals surface area contributed by atoms with Gasteiger partial charge in [0, 0.05) is 18.2 Å². The third-order valence-corrected chi connectivity index (χ3v) is 1.90. The summed E-state index contributed by atoms with van der Waals surface area (Å²) in [6.45, 7) is -0.487. The molecule has 0 aliphatic rings. The van der Waals surface area contributed by atoms with Gasteiger partial charge in [-0.1, -0.05) is 6.07 Å². The Morgan fingerprint density at radius 1 is 1.25 bits per heavy atom. The third kappa shape index (κ3) is 4.06. The molecule has 0 unspecified atom stereocenters. The van der Waals surface area contributed by atoms with Crippen molar-refractivity contribution in [2.45, 2.75) is 19.1 Å². The lowest BCUT2D eigenvalue weighted by molar-refractivity contribution is -0.139. The highest BCUT2D eigenvalue weighted by molar-refractivity contribution is 5.28. The molecule has 1 aromatic carbocycles. The van der Waals surface area contributed by atoms with E-state index in [4.69, 9.17) is 10.5 Å². The van der Waals surface area contributed by atoms with Crippen LogP contribution in [-0.4, -0.2) is 12.8 Å². The SMILES string of the molecule is NCc1ccc(OCCC(F)(F)F)cc1F. The van der Waals surface area contributed by atoms with Gasteiger partial charge in [-0.15, -0.1) is 0 Å². The number of hydrogen-bond donors (Lipinski definition) is 1. The van der Waals surface area contributed by atoms with Crippen LogP contribution in [0.1, 0.15) is 12.0 Å². The molecule has 0 aromatic heterocycles. The van der Waals surface area contributed by atoms with Gasteiger partial charge in [0.1, 0.15) is 11.6 Å². The Labute approximate surface area is 90.0 Å². The van der Waals surface area contributed by atoms with Gasteiger partial charge in [-0.05, 0) is 6.07 Å². The Kier molecular flexibility index (Phi) is 4.12. The highest BCUT2D eigenvalue weighted by Gasteiger charge is 2.26. The second-order valence-corrected chi connectivity index (χ2v) is 3.17. The molecule has 0 spiro atoms. The van der Waals surface area contributed by atoms with E-state index in [1.807, 2.05) is 0 Å². The summed E-state index contributed by atoms with van der Waals surface area (Å²) < 4.78 is 53.2. The first-order chi connectivity index (χ1) is 7.42. The zero-order valence-corrected chi connectivity index (χ0v) is 8.35. The topological polar surface area (TPSA) is 35.2 Å². The number of alkyl halides is 3. The fraction of sp³-hybridized carbons (Fsp3) is 0.400. The van der Waals surface area contributed by atoms with Crippen molar-refractivity contribution >= 4 is 0 Å². The molecule has 6 heteroatoms. The minimum atomic E-state index is -4.27. The summed E-state index contributed by atoms with van der Waals surface area (Å²) in [6.07, 6.45) is -5.33. The lowest BCUT2D eigenvalue weighted by Crippen LogP contribution is -2.13. The summed E-state index contributed by atoms with van der Waals surface area (Å²) in [4.78, 5) is 0. The molecular weight excluding hydrogens is 226 g/mol. The summed E-state index contributed by atoms with van der Waals surface area (Å²) in [5, 5.41) is 0. The Hall–Kier alpha value is -1.30. The number of benzene rings is 1. The minimum absolute atomic E-state index is 0.0364. The van der Waals surface area contributed by atoms with Crippen LogP contribution >= 0.6 is 0 Å². The molecule has 16 heavy (non-hydrogen) atoms. The molecule has 0 aliphatic carbocycles. The molecule has 0 amide bonds. The molecule has 0 radical (unpaired) electrons. The van der Waals surface area contributed by atoms with E-state index in [2.05, 4.69) is 0 Å². The average Bonchev–Trinajstić information content (AvgIpc) is 2.16. The van der Waals surface area contributed by atoms with Crippen molar-refractivity contribution < 1.29 is 22.3 Å². The summed E-state index contributed by atoms with van der Waals surface area (Å²) >= 11 is 0.